The van der Waals surface area contributed by atoms with E-state index in [1.807, 2.05) is 30.9 Å². The molecule has 2 fully saturated rings. The van der Waals surface area contributed by atoms with Crippen molar-refractivity contribution in [2.24, 2.45) is 0 Å². The number of aromatic amines is 1. The van der Waals surface area contributed by atoms with Gasteiger partial charge in [0.25, 0.3) is 5.91 Å². The van der Waals surface area contributed by atoms with Gasteiger partial charge in [0.15, 0.2) is 11.6 Å². The molecule has 0 saturated carbocycles. The van der Waals surface area contributed by atoms with E-state index >= 15 is 0 Å². The number of fused-ring (bicyclic) bond motifs is 2. The van der Waals surface area contributed by atoms with Gasteiger partial charge in [0, 0.05) is 42.8 Å². The molecule has 0 spiro atoms. The van der Waals surface area contributed by atoms with Crippen LogP contribution < -0.4 is 10.2 Å². The minimum absolute atomic E-state index is 0.00103. The van der Waals surface area contributed by atoms with Crippen molar-refractivity contribution in [3.8, 4) is 5.82 Å². The number of halogens is 1. The number of pyridine rings is 1. The molecule has 2 bridgehead atoms. The van der Waals surface area contributed by atoms with Gasteiger partial charge in [0.2, 0.25) is 5.95 Å². The van der Waals surface area contributed by atoms with Crippen LogP contribution in [0.5, 0.6) is 0 Å². The molecule has 2 atom stereocenters. The zero-order valence-corrected chi connectivity index (χ0v) is 20.6. The van der Waals surface area contributed by atoms with Gasteiger partial charge < -0.3 is 15.1 Å². The molecule has 2 aliphatic heterocycles. The molecule has 4 aromatic rings. The second kappa shape index (κ2) is 8.90. The van der Waals surface area contributed by atoms with Crippen LogP contribution in [-0.2, 0) is 0 Å². The van der Waals surface area contributed by atoms with Crippen LogP contribution in [0.1, 0.15) is 34.6 Å². The average molecular weight is 505 g/mol. The first-order chi connectivity index (χ1) is 17.4. The van der Waals surface area contributed by atoms with E-state index in [2.05, 4.69) is 35.5 Å². The van der Waals surface area contributed by atoms with Crippen molar-refractivity contribution in [1.29, 1.82) is 0 Å². The fourth-order valence-electron chi connectivity index (χ4n) is 4.99. The maximum Gasteiger partial charge on any atom is 0.256 e. The van der Waals surface area contributed by atoms with Gasteiger partial charge in [-0.3, -0.25) is 9.89 Å². The van der Waals surface area contributed by atoms with Gasteiger partial charge in [-0.25, -0.2) is 14.6 Å². The molecule has 36 heavy (non-hydrogen) atoms. The summed E-state index contributed by atoms with van der Waals surface area (Å²) < 4.78 is 1.58. The summed E-state index contributed by atoms with van der Waals surface area (Å²) >= 11 is 5.95. The van der Waals surface area contributed by atoms with Crippen LogP contribution in [0.3, 0.4) is 0 Å². The first-order valence-corrected chi connectivity index (χ1v) is 12.2. The number of anilines is 3. The molecular formula is C24H25ClN10O. The van der Waals surface area contributed by atoms with Crippen molar-refractivity contribution >= 4 is 35.1 Å². The van der Waals surface area contributed by atoms with Gasteiger partial charge in [-0.2, -0.15) is 15.2 Å². The molecule has 184 valence electrons. The molecule has 0 aliphatic carbocycles. The smallest absolute Gasteiger partial charge is 0.256 e. The second-order valence-corrected chi connectivity index (χ2v) is 9.70. The summed E-state index contributed by atoms with van der Waals surface area (Å²) in [5, 5.41) is 15.1. The average Bonchev–Trinajstić information content (AvgIpc) is 3.55. The predicted molar refractivity (Wildman–Crippen MR) is 135 cm³/mol. The lowest BCUT2D eigenvalue weighted by Crippen LogP contribution is -2.56. The molecular weight excluding hydrogens is 480 g/mol. The fraction of sp³-hybridized carbons (Fsp3) is 0.333. The van der Waals surface area contributed by atoms with Crippen molar-refractivity contribution in [2.45, 2.75) is 38.8 Å². The van der Waals surface area contributed by atoms with Gasteiger partial charge in [-0.15, -0.1) is 0 Å². The molecule has 0 radical (unpaired) electrons. The Kier molecular flexibility index (Phi) is 5.56. The zero-order chi connectivity index (χ0) is 24.8. The van der Waals surface area contributed by atoms with Crippen molar-refractivity contribution in [2.75, 3.05) is 23.3 Å². The highest BCUT2D eigenvalue weighted by Gasteiger charge is 2.43. The number of carbonyl (C=O) groups excluding carboxylic acids is 1. The SMILES string of the molecule is Cc1cc(Nc2cc(C)[nH]n2)nc(N2CC3CCC(C2)N3C(=O)c2ccc(-n3cc(Cl)cn3)nc2)n1. The zero-order valence-electron chi connectivity index (χ0n) is 19.9. The van der Waals surface area contributed by atoms with Crippen LogP contribution in [0.25, 0.3) is 5.82 Å². The Morgan fingerprint density at radius 3 is 2.53 bits per heavy atom. The summed E-state index contributed by atoms with van der Waals surface area (Å²) in [6, 6.07) is 7.59. The lowest BCUT2D eigenvalue weighted by atomic mass is 10.1. The number of carbonyl (C=O) groups is 1. The first kappa shape index (κ1) is 22.5. The maximum absolute atomic E-state index is 13.4. The van der Waals surface area contributed by atoms with E-state index < -0.39 is 0 Å². The standard InChI is InChI=1S/C24H25ClN10O/c1-14-7-20(29-21-8-15(2)31-32-21)30-24(28-14)33-12-18-4-5-19(13-33)35(18)23(36)16-3-6-22(26-9-16)34-11-17(25)10-27-34/h3,6-11,18-19H,4-5,12-13H2,1-2H3,(H2,28,29,30,31,32). The minimum atomic E-state index is 0.00103. The van der Waals surface area contributed by atoms with Crippen molar-refractivity contribution < 1.29 is 4.79 Å². The Hall–Kier alpha value is -3.99. The third-order valence-electron chi connectivity index (χ3n) is 6.58. The summed E-state index contributed by atoms with van der Waals surface area (Å²) in [5.74, 6) is 2.68. The Labute approximate surface area is 212 Å². The molecule has 2 saturated heterocycles. The highest BCUT2D eigenvalue weighted by Crippen LogP contribution is 2.33. The molecule has 2 unspecified atom stereocenters. The lowest BCUT2D eigenvalue weighted by molar-refractivity contribution is 0.0640. The van der Waals surface area contributed by atoms with Crippen molar-refractivity contribution in [1.82, 2.24) is 39.8 Å². The highest BCUT2D eigenvalue weighted by molar-refractivity contribution is 6.30. The van der Waals surface area contributed by atoms with Crippen molar-refractivity contribution in [3.63, 3.8) is 0 Å². The molecule has 2 N–H and O–H groups in total. The molecule has 6 heterocycles. The number of rotatable bonds is 5. The van der Waals surface area contributed by atoms with Crippen LogP contribution >= 0.6 is 11.6 Å². The van der Waals surface area contributed by atoms with Crippen LogP contribution in [0, 0.1) is 13.8 Å². The van der Waals surface area contributed by atoms with Gasteiger partial charge in [-0.05, 0) is 38.8 Å². The van der Waals surface area contributed by atoms with Gasteiger partial charge in [0.05, 0.1) is 35.1 Å². The number of aromatic nitrogens is 7. The summed E-state index contributed by atoms with van der Waals surface area (Å²) in [4.78, 5) is 31.5. The fourth-order valence-corrected chi connectivity index (χ4v) is 5.13. The number of hydrogen-bond donors (Lipinski definition) is 2. The number of piperazine rings is 1. The second-order valence-electron chi connectivity index (χ2n) is 9.27. The quantitative estimate of drug-likeness (QED) is 0.424. The van der Waals surface area contributed by atoms with E-state index in [9.17, 15) is 4.79 Å². The monoisotopic (exact) mass is 504 g/mol. The summed E-state index contributed by atoms with van der Waals surface area (Å²) in [6.07, 6.45) is 6.74. The Morgan fingerprint density at radius 2 is 1.89 bits per heavy atom. The largest absolute Gasteiger partial charge is 0.337 e. The van der Waals surface area contributed by atoms with E-state index in [1.165, 1.54) is 0 Å². The third kappa shape index (κ3) is 4.26. The van der Waals surface area contributed by atoms with Gasteiger partial charge >= 0.3 is 0 Å². The molecule has 2 aliphatic rings. The number of aryl methyl sites for hydroxylation is 2. The van der Waals surface area contributed by atoms with Crippen LogP contribution in [-0.4, -0.2) is 70.9 Å². The Morgan fingerprint density at radius 1 is 1.08 bits per heavy atom. The molecule has 6 rings (SSSR count). The van der Waals surface area contributed by atoms with Gasteiger partial charge in [0.1, 0.15) is 5.82 Å². The third-order valence-corrected chi connectivity index (χ3v) is 6.78. The van der Waals surface area contributed by atoms with E-state index in [0.717, 1.165) is 24.2 Å². The van der Waals surface area contributed by atoms with Crippen LogP contribution in [0.4, 0.5) is 17.6 Å². The van der Waals surface area contributed by atoms with E-state index in [-0.39, 0.29) is 18.0 Å². The maximum atomic E-state index is 13.4. The summed E-state index contributed by atoms with van der Waals surface area (Å²) in [7, 11) is 0. The molecule has 1 amide bonds. The summed E-state index contributed by atoms with van der Waals surface area (Å²) in [5.41, 5.74) is 2.40. The van der Waals surface area contributed by atoms with Crippen LogP contribution in [0.2, 0.25) is 5.02 Å². The first-order valence-electron chi connectivity index (χ1n) is 11.8. The Bertz CT molecular complexity index is 1400. The molecule has 11 nitrogen and oxygen atoms in total. The van der Waals surface area contributed by atoms with Crippen LogP contribution in [0.15, 0.2) is 42.9 Å². The molecule has 0 aromatic carbocycles. The normalized spacial score (nSPS) is 19.1. The number of H-pyrrole nitrogens is 1. The number of amides is 1. The topological polar surface area (TPSA) is 121 Å². The number of nitrogens with zero attached hydrogens (tertiary/aromatic N) is 8. The Balaban J connectivity index is 1.18. The lowest BCUT2D eigenvalue weighted by Gasteiger charge is -2.41. The van der Waals surface area contributed by atoms with E-state index in [4.69, 9.17) is 16.6 Å². The predicted octanol–water partition coefficient (Wildman–Crippen LogP) is 3.29. The summed E-state index contributed by atoms with van der Waals surface area (Å²) in [6.45, 7) is 5.27. The molecule has 12 heteroatoms. The number of nitrogens with one attached hydrogen (secondary N) is 2. The highest BCUT2D eigenvalue weighted by atomic mass is 35.5. The van der Waals surface area contributed by atoms with E-state index in [1.54, 1.807) is 35.4 Å². The number of hydrogen-bond acceptors (Lipinski definition) is 8. The van der Waals surface area contributed by atoms with Crippen molar-refractivity contribution in [3.05, 3.63) is 64.8 Å². The molecule has 4 aromatic heterocycles. The van der Waals surface area contributed by atoms with Gasteiger partial charge in [-0.1, -0.05) is 11.6 Å². The van der Waals surface area contributed by atoms with E-state index in [0.29, 0.717) is 47.1 Å². The minimum Gasteiger partial charge on any atom is -0.337 e.